The van der Waals surface area contributed by atoms with Crippen LogP contribution in [0.5, 0.6) is 11.5 Å². The van der Waals surface area contributed by atoms with Gasteiger partial charge in [-0.05, 0) is 64.3 Å². The Bertz CT molecular complexity index is 606. The van der Waals surface area contributed by atoms with Gasteiger partial charge in [-0.25, -0.2) is 4.79 Å². The maximum Gasteiger partial charge on any atom is 0.343 e. The predicted octanol–water partition coefficient (Wildman–Crippen LogP) is 4.24. The molecule has 104 valence electrons. The fourth-order valence-electron chi connectivity index (χ4n) is 1.73. The first-order valence-electron chi connectivity index (χ1n) is 6.28. The van der Waals surface area contributed by atoms with Gasteiger partial charge in [-0.15, -0.1) is 0 Å². The van der Waals surface area contributed by atoms with Gasteiger partial charge in [-0.3, -0.25) is 0 Å². The molecule has 2 rings (SSSR count). The van der Waals surface area contributed by atoms with Crippen molar-refractivity contribution in [3.8, 4) is 11.5 Å². The topological polar surface area (TPSA) is 35.5 Å². The van der Waals surface area contributed by atoms with Gasteiger partial charge in [0, 0.05) is 0 Å². The van der Waals surface area contributed by atoms with Gasteiger partial charge < -0.3 is 9.47 Å². The average molecular weight is 335 g/mol. The van der Waals surface area contributed by atoms with E-state index in [-0.39, 0.29) is 0 Å². The molecular formula is C16H15BrO3. The van der Waals surface area contributed by atoms with E-state index < -0.39 is 5.97 Å². The van der Waals surface area contributed by atoms with E-state index in [1.807, 2.05) is 12.1 Å². The molecule has 0 heterocycles. The second-order valence-corrected chi connectivity index (χ2v) is 5.09. The molecule has 0 aliphatic rings. The van der Waals surface area contributed by atoms with Crippen LogP contribution >= 0.6 is 15.9 Å². The fraction of sp³-hybridized carbons (Fsp3) is 0.188. The first-order chi connectivity index (χ1) is 9.63. The van der Waals surface area contributed by atoms with Crippen molar-refractivity contribution in [2.24, 2.45) is 0 Å². The molecule has 4 heteroatoms. The van der Waals surface area contributed by atoms with Crippen molar-refractivity contribution in [2.45, 2.75) is 13.3 Å². The van der Waals surface area contributed by atoms with Crippen LogP contribution in [0.3, 0.4) is 0 Å². The average Bonchev–Trinajstić information content (AvgIpc) is 2.49. The van der Waals surface area contributed by atoms with Gasteiger partial charge in [0.05, 0.1) is 17.1 Å². The number of methoxy groups -OCH3 is 1. The zero-order valence-corrected chi connectivity index (χ0v) is 12.9. The van der Waals surface area contributed by atoms with Crippen molar-refractivity contribution in [1.29, 1.82) is 0 Å². The SMILES string of the molecule is CCc1ccc(OC(=O)c2ccc(OC)cc2)c(Br)c1. The van der Waals surface area contributed by atoms with E-state index in [0.29, 0.717) is 17.1 Å². The minimum atomic E-state index is -0.391. The summed E-state index contributed by atoms with van der Waals surface area (Å²) in [5.41, 5.74) is 1.67. The normalized spacial score (nSPS) is 10.2. The Morgan fingerprint density at radius 2 is 1.85 bits per heavy atom. The summed E-state index contributed by atoms with van der Waals surface area (Å²) in [4.78, 5) is 12.0. The number of carbonyl (C=O) groups excluding carboxylic acids is 1. The summed E-state index contributed by atoms with van der Waals surface area (Å²) in [6.07, 6.45) is 0.936. The van der Waals surface area contributed by atoms with Crippen LogP contribution in [-0.4, -0.2) is 13.1 Å². The number of rotatable bonds is 4. The quantitative estimate of drug-likeness (QED) is 0.619. The molecule has 0 aromatic heterocycles. The molecule has 0 fully saturated rings. The molecule has 0 aliphatic carbocycles. The third kappa shape index (κ3) is 3.39. The number of ether oxygens (including phenoxy) is 2. The Morgan fingerprint density at radius 3 is 2.40 bits per heavy atom. The largest absolute Gasteiger partial charge is 0.497 e. The van der Waals surface area contributed by atoms with Crippen molar-refractivity contribution >= 4 is 21.9 Å². The summed E-state index contributed by atoms with van der Waals surface area (Å²) in [7, 11) is 1.58. The Morgan fingerprint density at radius 1 is 1.15 bits per heavy atom. The highest BCUT2D eigenvalue weighted by Gasteiger charge is 2.11. The predicted molar refractivity (Wildman–Crippen MR) is 81.5 cm³/mol. The molecule has 0 unspecified atom stereocenters. The summed E-state index contributed by atoms with van der Waals surface area (Å²) in [5, 5.41) is 0. The molecular weight excluding hydrogens is 320 g/mol. The molecule has 0 atom stereocenters. The molecule has 3 nitrogen and oxygen atoms in total. The number of esters is 1. The highest BCUT2D eigenvalue weighted by atomic mass is 79.9. The zero-order chi connectivity index (χ0) is 14.5. The van der Waals surface area contributed by atoms with E-state index >= 15 is 0 Å². The number of aryl methyl sites for hydroxylation is 1. The fourth-order valence-corrected chi connectivity index (χ4v) is 2.24. The van der Waals surface area contributed by atoms with Crippen LogP contribution < -0.4 is 9.47 Å². The van der Waals surface area contributed by atoms with Crippen molar-refractivity contribution in [1.82, 2.24) is 0 Å². The third-order valence-corrected chi connectivity index (χ3v) is 3.55. The number of halogens is 1. The van der Waals surface area contributed by atoms with Gasteiger partial charge in [-0.2, -0.15) is 0 Å². The molecule has 0 aliphatic heterocycles. The molecule has 0 bridgehead atoms. The Balaban J connectivity index is 2.14. The van der Waals surface area contributed by atoms with E-state index in [1.54, 1.807) is 37.4 Å². The van der Waals surface area contributed by atoms with Crippen LogP contribution in [0.15, 0.2) is 46.9 Å². The van der Waals surface area contributed by atoms with E-state index in [0.717, 1.165) is 10.9 Å². The zero-order valence-electron chi connectivity index (χ0n) is 11.4. The lowest BCUT2D eigenvalue weighted by molar-refractivity contribution is 0.0733. The summed E-state index contributed by atoms with van der Waals surface area (Å²) >= 11 is 3.41. The van der Waals surface area contributed by atoms with Crippen LogP contribution in [-0.2, 0) is 6.42 Å². The Hall–Kier alpha value is -1.81. The molecule has 0 amide bonds. The highest BCUT2D eigenvalue weighted by molar-refractivity contribution is 9.10. The third-order valence-electron chi connectivity index (χ3n) is 2.93. The minimum absolute atomic E-state index is 0.391. The molecule has 0 N–H and O–H groups in total. The van der Waals surface area contributed by atoms with Crippen molar-refractivity contribution in [3.05, 3.63) is 58.1 Å². The van der Waals surface area contributed by atoms with Gasteiger partial charge in [-0.1, -0.05) is 13.0 Å². The number of benzene rings is 2. The highest BCUT2D eigenvalue weighted by Crippen LogP contribution is 2.27. The molecule has 20 heavy (non-hydrogen) atoms. The summed E-state index contributed by atoms with van der Waals surface area (Å²) < 4.78 is 11.2. The van der Waals surface area contributed by atoms with E-state index in [9.17, 15) is 4.79 Å². The lowest BCUT2D eigenvalue weighted by Gasteiger charge is -2.08. The Kier molecular flexibility index (Phi) is 4.79. The van der Waals surface area contributed by atoms with Crippen LogP contribution in [0.25, 0.3) is 0 Å². The number of hydrogen-bond acceptors (Lipinski definition) is 3. The molecule has 0 saturated heterocycles. The molecule has 0 radical (unpaired) electrons. The second kappa shape index (κ2) is 6.57. The standard InChI is InChI=1S/C16H15BrO3/c1-3-11-4-9-15(14(17)10-11)20-16(18)12-5-7-13(19-2)8-6-12/h4-10H,3H2,1-2H3. The van der Waals surface area contributed by atoms with Crippen molar-refractivity contribution in [3.63, 3.8) is 0 Å². The lowest BCUT2D eigenvalue weighted by Crippen LogP contribution is -2.08. The number of hydrogen-bond donors (Lipinski definition) is 0. The second-order valence-electron chi connectivity index (χ2n) is 4.24. The maximum absolute atomic E-state index is 12.0. The van der Waals surface area contributed by atoms with Crippen LogP contribution in [0.1, 0.15) is 22.8 Å². The molecule has 2 aromatic carbocycles. The van der Waals surface area contributed by atoms with Crippen molar-refractivity contribution < 1.29 is 14.3 Å². The monoisotopic (exact) mass is 334 g/mol. The van der Waals surface area contributed by atoms with Crippen LogP contribution in [0, 0.1) is 0 Å². The first-order valence-corrected chi connectivity index (χ1v) is 7.08. The van der Waals surface area contributed by atoms with E-state index in [4.69, 9.17) is 9.47 Å². The smallest absolute Gasteiger partial charge is 0.343 e. The lowest BCUT2D eigenvalue weighted by atomic mass is 10.2. The summed E-state index contributed by atoms with van der Waals surface area (Å²) in [6.45, 7) is 2.07. The Labute approximate surface area is 126 Å². The summed E-state index contributed by atoms with van der Waals surface area (Å²) in [5.74, 6) is 0.829. The van der Waals surface area contributed by atoms with Crippen LogP contribution in [0.2, 0.25) is 0 Å². The van der Waals surface area contributed by atoms with Gasteiger partial charge in [0.15, 0.2) is 0 Å². The van der Waals surface area contributed by atoms with E-state index in [1.165, 1.54) is 5.56 Å². The number of carbonyl (C=O) groups is 1. The van der Waals surface area contributed by atoms with Crippen LogP contribution in [0.4, 0.5) is 0 Å². The maximum atomic E-state index is 12.0. The van der Waals surface area contributed by atoms with Crippen molar-refractivity contribution in [2.75, 3.05) is 7.11 Å². The molecule has 0 saturated carbocycles. The van der Waals surface area contributed by atoms with Gasteiger partial charge >= 0.3 is 5.97 Å². The first kappa shape index (κ1) is 14.6. The van der Waals surface area contributed by atoms with Gasteiger partial charge in [0.1, 0.15) is 11.5 Å². The van der Waals surface area contributed by atoms with E-state index in [2.05, 4.69) is 22.9 Å². The molecule has 0 spiro atoms. The summed E-state index contributed by atoms with van der Waals surface area (Å²) in [6, 6.07) is 12.5. The van der Waals surface area contributed by atoms with Gasteiger partial charge in [0.25, 0.3) is 0 Å². The van der Waals surface area contributed by atoms with Gasteiger partial charge in [0.2, 0.25) is 0 Å². The molecule has 2 aromatic rings. The minimum Gasteiger partial charge on any atom is -0.497 e.